The first kappa shape index (κ1) is 9.92. The van der Waals surface area contributed by atoms with Gasteiger partial charge in [-0.1, -0.05) is 0 Å². The van der Waals surface area contributed by atoms with Crippen molar-refractivity contribution in [2.45, 2.75) is 44.4 Å². The molecule has 0 bridgehead atoms. The largest absolute Gasteiger partial charge is 0.387 e. The molecule has 4 heteroatoms. The molecule has 1 fully saturated rings. The average molecular weight is 176 g/mol. The second-order valence-corrected chi connectivity index (χ2v) is 3.51. The maximum atomic E-state index is 9.70. The van der Waals surface area contributed by atoms with Crippen molar-refractivity contribution in [3.8, 4) is 0 Å². The summed E-state index contributed by atoms with van der Waals surface area (Å²) in [5.74, 6) is 0. The van der Waals surface area contributed by atoms with Crippen LogP contribution in [0.3, 0.4) is 0 Å². The van der Waals surface area contributed by atoms with Crippen LogP contribution in [0.25, 0.3) is 0 Å². The Hall–Kier alpha value is -0.160. The standard InChI is InChI=1S/C8H16O4/c1-5-7(9)8(2,10)4-6(11-3)12-5/h5-7,9-10H,4H2,1-3H3/t5-,6+,7-,8+/m1/s1. The van der Waals surface area contributed by atoms with Crippen molar-refractivity contribution in [2.75, 3.05) is 7.11 Å². The number of aliphatic hydroxyl groups is 2. The van der Waals surface area contributed by atoms with E-state index in [0.29, 0.717) is 6.42 Å². The van der Waals surface area contributed by atoms with Crippen LogP contribution in [0.2, 0.25) is 0 Å². The molecule has 0 aromatic carbocycles. The summed E-state index contributed by atoms with van der Waals surface area (Å²) in [6, 6.07) is 0. The van der Waals surface area contributed by atoms with E-state index in [4.69, 9.17) is 9.47 Å². The molecule has 12 heavy (non-hydrogen) atoms. The van der Waals surface area contributed by atoms with Gasteiger partial charge in [0.25, 0.3) is 0 Å². The van der Waals surface area contributed by atoms with Gasteiger partial charge in [-0.05, 0) is 13.8 Å². The van der Waals surface area contributed by atoms with E-state index in [1.165, 1.54) is 7.11 Å². The van der Waals surface area contributed by atoms with Crippen LogP contribution in [-0.4, -0.2) is 41.4 Å². The number of rotatable bonds is 1. The summed E-state index contributed by atoms with van der Waals surface area (Å²) in [5.41, 5.74) is -1.11. The molecule has 72 valence electrons. The van der Waals surface area contributed by atoms with Crippen LogP contribution in [-0.2, 0) is 9.47 Å². The highest BCUT2D eigenvalue weighted by Gasteiger charge is 2.43. The van der Waals surface area contributed by atoms with Crippen molar-refractivity contribution in [3.05, 3.63) is 0 Å². The SMILES string of the molecule is CO[C@@H]1C[C@](C)(O)[C@H](O)[C@@H](C)O1. The predicted molar refractivity (Wildman–Crippen MR) is 42.6 cm³/mol. The Kier molecular flexibility index (Phi) is 2.73. The molecule has 1 rings (SSSR count). The Balaban J connectivity index is 2.65. The molecule has 0 amide bonds. The first-order chi connectivity index (χ1) is 5.47. The minimum atomic E-state index is -1.11. The second-order valence-electron chi connectivity index (χ2n) is 3.51. The summed E-state index contributed by atoms with van der Waals surface area (Å²) in [6.45, 7) is 3.30. The van der Waals surface area contributed by atoms with Gasteiger partial charge in [0, 0.05) is 13.5 Å². The summed E-state index contributed by atoms with van der Waals surface area (Å²) >= 11 is 0. The summed E-state index contributed by atoms with van der Waals surface area (Å²) in [5, 5.41) is 19.2. The van der Waals surface area contributed by atoms with E-state index in [0.717, 1.165) is 0 Å². The van der Waals surface area contributed by atoms with E-state index in [2.05, 4.69) is 0 Å². The molecule has 0 unspecified atom stereocenters. The monoisotopic (exact) mass is 176 g/mol. The molecule has 1 heterocycles. The van der Waals surface area contributed by atoms with Gasteiger partial charge >= 0.3 is 0 Å². The Morgan fingerprint density at radius 3 is 2.58 bits per heavy atom. The van der Waals surface area contributed by atoms with Crippen molar-refractivity contribution in [1.29, 1.82) is 0 Å². The van der Waals surface area contributed by atoms with Gasteiger partial charge in [0.05, 0.1) is 11.7 Å². The molecular formula is C8H16O4. The molecule has 1 saturated heterocycles. The molecule has 4 nitrogen and oxygen atoms in total. The Labute approximate surface area is 72.1 Å². The third-order valence-electron chi connectivity index (χ3n) is 2.29. The maximum Gasteiger partial charge on any atom is 0.160 e. The zero-order valence-electron chi connectivity index (χ0n) is 7.65. The number of methoxy groups -OCH3 is 1. The lowest BCUT2D eigenvalue weighted by molar-refractivity contribution is -0.264. The fourth-order valence-electron chi connectivity index (χ4n) is 1.46. The van der Waals surface area contributed by atoms with Crippen molar-refractivity contribution in [1.82, 2.24) is 0 Å². The Bertz CT molecular complexity index is 157. The van der Waals surface area contributed by atoms with Gasteiger partial charge in [0.15, 0.2) is 6.29 Å². The highest BCUT2D eigenvalue weighted by Crippen LogP contribution is 2.28. The quantitative estimate of drug-likeness (QED) is 0.584. The summed E-state index contributed by atoms with van der Waals surface area (Å²) in [4.78, 5) is 0. The lowest BCUT2D eigenvalue weighted by Gasteiger charge is -2.41. The van der Waals surface area contributed by atoms with Gasteiger partial charge in [-0.2, -0.15) is 0 Å². The fraction of sp³-hybridized carbons (Fsp3) is 1.00. The summed E-state index contributed by atoms with van der Waals surface area (Å²) < 4.78 is 10.2. The minimum absolute atomic E-state index is 0.301. The first-order valence-electron chi connectivity index (χ1n) is 4.06. The van der Waals surface area contributed by atoms with Crippen LogP contribution in [0, 0.1) is 0 Å². The molecule has 1 aliphatic heterocycles. The average Bonchev–Trinajstić information content (AvgIpc) is 1.99. The molecule has 1 aliphatic rings. The van der Waals surface area contributed by atoms with Crippen molar-refractivity contribution in [2.24, 2.45) is 0 Å². The smallest absolute Gasteiger partial charge is 0.160 e. The molecule has 2 N–H and O–H groups in total. The van der Waals surface area contributed by atoms with Crippen LogP contribution < -0.4 is 0 Å². The minimum Gasteiger partial charge on any atom is -0.387 e. The lowest BCUT2D eigenvalue weighted by Crippen LogP contribution is -2.54. The van der Waals surface area contributed by atoms with Crippen molar-refractivity contribution in [3.63, 3.8) is 0 Å². The van der Waals surface area contributed by atoms with Gasteiger partial charge in [-0.3, -0.25) is 0 Å². The maximum absolute atomic E-state index is 9.70. The molecular weight excluding hydrogens is 160 g/mol. The molecule has 0 aromatic heterocycles. The van der Waals surface area contributed by atoms with E-state index >= 15 is 0 Å². The van der Waals surface area contributed by atoms with E-state index in [1.54, 1.807) is 13.8 Å². The van der Waals surface area contributed by atoms with Crippen LogP contribution in [0.4, 0.5) is 0 Å². The number of hydrogen-bond donors (Lipinski definition) is 2. The molecule has 0 aliphatic carbocycles. The van der Waals surface area contributed by atoms with E-state index in [1.807, 2.05) is 0 Å². The van der Waals surface area contributed by atoms with Gasteiger partial charge < -0.3 is 19.7 Å². The van der Waals surface area contributed by atoms with Gasteiger partial charge in [0.2, 0.25) is 0 Å². The summed E-state index contributed by atoms with van der Waals surface area (Å²) in [7, 11) is 1.52. The van der Waals surface area contributed by atoms with E-state index < -0.39 is 24.1 Å². The third kappa shape index (κ3) is 1.77. The molecule has 0 radical (unpaired) electrons. The molecule has 0 aromatic rings. The number of hydrogen-bond acceptors (Lipinski definition) is 4. The number of ether oxygens (including phenoxy) is 2. The summed E-state index contributed by atoms with van der Waals surface area (Å²) in [6.07, 6.45) is -1.35. The normalized spacial score (nSPS) is 49.2. The van der Waals surface area contributed by atoms with Gasteiger partial charge in [-0.15, -0.1) is 0 Å². The number of aliphatic hydroxyl groups excluding tert-OH is 1. The fourth-order valence-corrected chi connectivity index (χ4v) is 1.46. The van der Waals surface area contributed by atoms with Crippen LogP contribution in [0.1, 0.15) is 20.3 Å². The Morgan fingerprint density at radius 2 is 2.17 bits per heavy atom. The predicted octanol–water partition coefficient (Wildman–Crippen LogP) is -0.120. The van der Waals surface area contributed by atoms with E-state index in [-0.39, 0.29) is 0 Å². The van der Waals surface area contributed by atoms with Crippen LogP contribution >= 0.6 is 0 Å². The molecule has 0 spiro atoms. The van der Waals surface area contributed by atoms with E-state index in [9.17, 15) is 10.2 Å². The third-order valence-corrected chi connectivity index (χ3v) is 2.29. The zero-order chi connectivity index (χ0) is 9.35. The zero-order valence-corrected chi connectivity index (χ0v) is 7.65. The van der Waals surface area contributed by atoms with Crippen LogP contribution in [0.5, 0.6) is 0 Å². The topological polar surface area (TPSA) is 58.9 Å². The highest BCUT2D eigenvalue weighted by molar-refractivity contribution is 4.90. The first-order valence-corrected chi connectivity index (χ1v) is 4.06. The molecule has 4 atom stereocenters. The lowest BCUT2D eigenvalue weighted by atomic mass is 9.89. The second kappa shape index (κ2) is 3.30. The van der Waals surface area contributed by atoms with Gasteiger partial charge in [0.1, 0.15) is 6.10 Å². The van der Waals surface area contributed by atoms with Gasteiger partial charge in [-0.25, -0.2) is 0 Å². The van der Waals surface area contributed by atoms with Crippen molar-refractivity contribution < 1.29 is 19.7 Å². The highest BCUT2D eigenvalue weighted by atomic mass is 16.7. The van der Waals surface area contributed by atoms with Crippen LogP contribution in [0.15, 0.2) is 0 Å². The molecule has 0 saturated carbocycles. The van der Waals surface area contributed by atoms with Crippen molar-refractivity contribution >= 4 is 0 Å². The Morgan fingerprint density at radius 1 is 1.58 bits per heavy atom.